The maximum atomic E-state index is 13.4. The molecule has 0 unspecified atom stereocenters. The summed E-state index contributed by atoms with van der Waals surface area (Å²) in [4.78, 5) is 32.1. The maximum Gasteiger partial charge on any atom is 0.335 e. The quantitative estimate of drug-likeness (QED) is 0.401. The normalized spacial score (nSPS) is 14.1. The number of hydrogen-bond acceptors (Lipinski definition) is 6. The van der Waals surface area contributed by atoms with Gasteiger partial charge in [-0.25, -0.2) is 9.78 Å². The van der Waals surface area contributed by atoms with Gasteiger partial charge in [0, 0.05) is 41.5 Å². The molecule has 2 heterocycles. The second-order valence-electron chi connectivity index (χ2n) is 7.78. The fraction of sp³-hybridized carbons (Fsp3) is 0.400. The Balaban J connectivity index is 2.13. The molecule has 1 aliphatic rings. The molecule has 0 fully saturated rings. The van der Waals surface area contributed by atoms with E-state index in [-0.39, 0.29) is 12.3 Å². The molecular weight excluding hydrogens is 406 g/mol. The lowest BCUT2D eigenvalue weighted by Crippen LogP contribution is -2.32. The number of esters is 1. The molecule has 0 atom stereocenters. The number of carbonyl (C=O) groups excluding carboxylic acids is 2. The number of aromatic nitrogens is 2. The van der Waals surface area contributed by atoms with Crippen molar-refractivity contribution in [3.8, 4) is 5.75 Å². The number of allylic oxidation sites excluding steroid dienone is 3. The lowest BCUT2D eigenvalue weighted by Gasteiger charge is -2.35. The largest absolute Gasteiger partial charge is 0.497 e. The molecule has 0 saturated carbocycles. The minimum absolute atomic E-state index is 0.180. The first kappa shape index (κ1) is 23.3. The van der Waals surface area contributed by atoms with Crippen molar-refractivity contribution in [2.45, 2.75) is 52.4 Å². The van der Waals surface area contributed by atoms with Crippen molar-refractivity contribution in [3.05, 3.63) is 65.5 Å². The van der Waals surface area contributed by atoms with E-state index >= 15 is 0 Å². The highest BCUT2D eigenvalue weighted by molar-refractivity contribution is 6.02. The van der Waals surface area contributed by atoms with Crippen molar-refractivity contribution in [2.24, 2.45) is 0 Å². The summed E-state index contributed by atoms with van der Waals surface area (Å²) in [6, 6.07) is 7.63. The first-order chi connectivity index (χ1) is 15.5. The van der Waals surface area contributed by atoms with Gasteiger partial charge in [-0.15, -0.1) is 0 Å². The number of nitrogens with zero attached hydrogens (tertiary/aromatic N) is 3. The number of rotatable bonds is 9. The molecule has 0 amide bonds. The van der Waals surface area contributed by atoms with Crippen LogP contribution in [-0.4, -0.2) is 35.6 Å². The lowest BCUT2D eigenvalue weighted by atomic mass is 9.92. The van der Waals surface area contributed by atoms with Gasteiger partial charge in [0.1, 0.15) is 12.1 Å². The number of carbonyl (C=O) groups is 2. The molecule has 2 aromatic rings. The average Bonchev–Trinajstić information content (AvgIpc) is 3.36. The van der Waals surface area contributed by atoms with E-state index in [1.807, 2.05) is 36.1 Å². The van der Waals surface area contributed by atoms with Gasteiger partial charge in [-0.2, -0.15) is 0 Å². The van der Waals surface area contributed by atoms with Gasteiger partial charge in [0.25, 0.3) is 5.91 Å². The number of anilines is 1. The summed E-state index contributed by atoms with van der Waals surface area (Å²) in [5.74, 6) is 0.131. The Morgan fingerprint density at radius 2 is 1.81 bits per heavy atom. The standard InChI is InChI=1S/C25H31N3O4/c1-5-6-7-8-9-23-22(24(29)27-15-14-26-17-27)16-21(25(30)32-4)18(2)28(23)19-10-12-20(31-3)13-11-19/h10-15,17H,5-9,16H2,1-4H3. The molecule has 32 heavy (non-hydrogen) atoms. The van der Waals surface area contributed by atoms with Crippen LogP contribution < -0.4 is 9.64 Å². The van der Waals surface area contributed by atoms with E-state index in [0.29, 0.717) is 11.1 Å². The second kappa shape index (κ2) is 10.8. The number of ether oxygens (including phenoxy) is 2. The highest BCUT2D eigenvalue weighted by atomic mass is 16.5. The summed E-state index contributed by atoms with van der Waals surface area (Å²) < 4.78 is 11.8. The summed E-state index contributed by atoms with van der Waals surface area (Å²) in [5.41, 5.74) is 3.61. The third-order valence-electron chi connectivity index (χ3n) is 5.77. The number of imidazole rings is 1. The Morgan fingerprint density at radius 1 is 1.06 bits per heavy atom. The number of methoxy groups -OCH3 is 2. The van der Waals surface area contributed by atoms with E-state index < -0.39 is 5.97 Å². The zero-order chi connectivity index (χ0) is 23.1. The van der Waals surface area contributed by atoms with Gasteiger partial charge in [0.2, 0.25) is 0 Å². The zero-order valence-corrected chi connectivity index (χ0v) is 19.3. The van der Waals surface area contributed by atoms with Crippen LogP contribution in [0.3, 0.4) is 0 Å². The van der Waals surface area contributed by atoms with Crippen LogP contribution in [0.25, 0.3) is 0 Å². The van der Waals surface area contributed by atoms with E-state index in [0.717, 1.165) is 54.9 Å². The number of benzene rings is 1. The van der Waals surface area contributed by atoms with Crippen LogP contribution in [0.15, 0.2) is 65.5 Å². The molecule has 0 aliphatic carbocycles. The molecule has 0 radical (unpaired) electrons. The Bertz CT molecular complexity index is 1000. The molecule has 3 rings (SSSR count). The molecule has 7 heteroatoms. The molecule has 0 saturated heterocycles. The van der Waals surface area contributed by atoms with Crippen molar-refractivity contribution in [3.63, 3.8) is 0 Å². The SMILES string of the molecule is CCCCCCC1=C(C(=O)n2ccnc2)CC(C(=O)OC)=C(C)N1c1ccc(OC)cc1. The van der Waals surface area contributed by atoms with E-state index in [9.17, 15) is 9.59 Å². The predicted molar refractivity (Wildman–Crippen MR) is 123 cm³/mol. The first-order valence-electron chi connectivity index (χ1n) is 11.0. The van der Waals surface area contributed by atoms with Gasteiger partial charge in [0.15, 0.2) is 0 Å². The molecule has 170 valence electrons. The van der Waals surface area contributed by atoms with Gasteiger partial charge in [-0.3, -0.25) is 9.36 Å². The molecule has 0 N–H and O–H groups in total. The van der Waals surface area contributed by atoms with Crippen LogP contribution in [0.4, 0.5) is 5.69 Å². The first-order valence-corrected chi connectivity index (χ1v) is 11.0. The molecule has 1 aromatic carbocycles. The Hall–Kier alpha value is -3.35. The minimum atomic E-state index is -0.429. The van der Waals surface area contributed by atoms with E-state index in [1.54, 1.807) is 19.5 Å². The lowest BCUT2D eigenvalue weighted by molar-refractivity contribution is -0.136. The minimum Gasteiger partial charge on any atom is -0.497 e. The monoisotopic (exact) mass is 437 g/mol. The van der Waals surface area contributed by atoms with Crippen molar-refractivity contribution in [1.29, 1.82) is 0 Å². The predicted octanol–water partition coefficient (Wildman–Crippen LogP) is 5.11. The summed E-state index contributed by atoms with van der Waals surface area (Å²) >= 11 is 0. The van der Waals surface area contributed by atoms with E-state index in [1.165, 1.54) is 18.0 Å². The van der Waals surface area contributed by atoms with Crippen LogP contribution in [-0.2, 0) is 9.53 Å². The molecule has 0 bridgehead atoms. The van der Waals surface area contributed by atoms with Gasteiger partial charge in [0.05, 0.1) is 19.8 Å². The topological polar surface area (TPSA) is 73.7 Å². The zero-order valence-electron chi connectivity index (χ0n) is 19.3. The van der Waals surface area contributed by atoms with E-state index in [2.05, 4.69) is 11.9 Å². The number of hydrogen-bond donors (Lipinski definition) is 0. The average molecular weight is 438 g/mol. The van der Waals surface area contributed by atoms with Gasteiger partial charge in [-0.05, 0) is 44.0 Å². The second-order valence-corrected chi connectivity index (χ2v) is 7.78. The summed E-state index contributed by atoms with van der Waals surface area (Å²) in [7, 11) is 2.99. The molecule has 0 spiro atoms. The third-order valence-corrected chi connectivity index (χ3v) is 5.77. The van der Waals surface area contributed by atoms with Crippen molar-refractivity contribution in [1.82, 2.24) is 9.55 Å². The maximum absolute atomic E-state index is 13.4. The highest BCUT2D eigenvalue weighted by Gasteiger charge is 2.33. The summed E-state index contributed by atoms with van der Waals surface area (Å²) in [6.07, 6.45) is 9.96. The molecule has 1 aromatic heterocycles. The van der Waals surface area contributed by atoms with Gasteiger partial charge >= 0.3 is 5.97 Å². The van der Waals surface area contributed by atoms with Crippen molar-refractivity contribution in [2.75, 3.05) is 19.1 Å². The Kier molecular flexibility index (Phi) is 7.87. The highest BCUT2D eigenvalue weighted by Crippen LogP contribution is 2.38. The van der Waals surface area contributed by atoms with Crippen LogP contribution in [0.2, 0.25) is 0 Å². The molecule has 1 aliphatic heterocycles. The summed E-state index contributed by atoms with van der Waals surface area (Å²) in [5, 5.41) is 0. The fourth-order valence-corrected chi connectivity index (χ4v) is 4.02. The van der Waals surface area contributed by atoms with Crippen molar-refractivity contribution < 1.29 is 19.1 Å². The van der Waals surface area contributed by atoms with Crippen LogP contribution in [0.5, 0.6) is 5.75 Å². The molecule has 7 nitrogen and oxygen atoms in total. The summed E-state index contributed by atoms with van der Waals surface area (Å²) in [6.45, 7) is 4.08. The van der Waals surface area contributed by atoms with Gasteiger partial charge in [-0.1, -0.05) is 26.2 Å². The van der Waals surface area contributed by atoms with Crippen LogP contribution in [0, 0.1) is 0 Å². The fourth-order valence-electron chi connectivity index (χ4n) is 4.02. The molecular formula is C25H31N3O4. The Morgan fingerprint density at radius 3 is 2.41 bits per heavy atom. The van der Waals surface area contributed by atoms with Crippen LogP contribution >= 0.6 is 0 Å². The van der Waals surface area contributed by atoms with E-state index in [4.69, 9.17) is 9.47 Å². The Labute approximate surface area is 189 Å². The van der Waals surface area contributed by atoms with Gasteiger partial charge < -0.3 is 14.4 Å². The third kappa shape index (κ3) is 4.93. The number of unbranched alkanes of at least 4 members (excludes halogenated alkanes) is 3. The smallest absolute Gasteiger partial charge is 0.335 e. The van der Waals surface area contributed by atoms with Crippen molar-refractivity contribution >= 4 is 17.6 Å². The van der Waals surface area contributed by atoms with Crippen LogP contribution in [0.1, 0.15) is 57.2 Å².